The first kappa shape index (κ1) is 37.4. The number of thiazole rings is 1. The number of ether oxygens (including phenoxy) is 3. The number of ketones is 1. The predicted octanol–water partition coefficient (Wildman–Crippen LogP) is 1.16. The molecular formula is C35H39N9O7S. The van der Waals surface area contributed by atoms with Crippen LogP contribution >= 0.6 is 11.3 Å². The number of amides is 3. The van der Waals surface area contributed by atoms with E-state index in [1.165, 1.54) is 35.7 Å². The first-order valence-electron chi connectivity index (χ1n) is 16.4. The van der Waals surface area contributed by atoms with Crippen LogP contribution in [0.2, 0.25) is 0 Å². The maximum atomic E-state index is 13.6. The smallest absolute Gasteiger partial charge is 0.295 e. The third kappa shape index (κ3) is 9.28. The Balaban J connectivity index is 1.16. The van der Waals surface area contributed by atoms with Gasteiger partial charge in [0, 0.05) is 56.4 Å². The molecule has 4 aromatic rings. The number of carbonyl (C=O) groups excluding carboxylic acids is 4. The minimum absolute atomic E-state index is 0.117. The number of aromatic amines is 1. The van der Waals surface area contributed by atoms with E-state index in [-0.39, 0.29) is 55.1 Å². The zero-order valence-corrected chi connectivity index (χ0v) is 29.4. The highest BCUT2D eigenvalue weighted by molar-refractivity contribution is 7.13. The Labute approximate surface area is 303 Å². The molecule has 0 saturated carbocycles. The molecule has 0 unspecified atom stereocenters. The largest absolute Gasteiger partial charge is 0.494 e. The molecule has 1 aliphatic rings. The number of carbonyl (C=O) groups is 4. The highest BCUT2D eigenvalue weighted by atomic mass is 32.1. The van der Waals surface area contributed by atoms with Crippen LogP contribution < -0.4 is 21.1 Å². The van der Waals surface area contributed by atoms with Crippen LogP contribution in [0.15, 0.2) is 53.1 Å². The Morgan fingerprint density at radius 2 is 1.77 bits per heavy atom. The second-order valence-electron chi connectivity index (χ2n) is 11.3. The molecule has 16 nitrogen and oxygen atoms in total. The summed E-state index contributed by atoms with van der Waals surface area (Å²) in [5.41, 5.74) is 7.54. The topological polar surface area (TPSA) is 206 Å². The summed E-state index contributed by atoms with van der Waals surface area (Å²) >= 11 is 1.20. The van der Waals surface area contributed by atoms with Gasteiger partial charge in [0.15, 0.2) is 5.96 Å². The lowest BCUT2D eigenvalue weighted by molar-refractivity contribution is -0.127. The van der Waals surface area contributed by atoms with Crippen LogP contribution in [-0.4, -0.2) is 134 Å². The van der Waals surface area contributed by atoms with Crippen LogP contribution in [0.5, 0.6) is 5.75 Å². The van der Waals surface area contributed by atoms with Crippen molar-refractivity contribution in [3.05, 3.63) is 64.9 Å². The third-order valence-corrected chi connectivity index (χ3v) is 8.79. The number of nitrogens with one attached hydrogen (secondary N) is 3. The lowest BCUT2D eigenvalue weighted by Crippen LogP contribution is -2.52. The number of aliphatic imine (C=N–C) groups is 1. The number of Topliss-reactive ketones (excluding diaryl/α,β-unsaturated/α-hetero) is 1. The van der Waals surface area contributed by atoms with Gasteiger partial charge in [-0.3, -0.25) is 24.2 Å². The molecule has 3 aromatic heterocycles. The lowest BCUT2D eigenvalue weighted by atomic mass is 10.1. The highest BCUT2D eigenvalue weighted by Crippen LogP contribution is 2.36. The molecule has 0 aliphatic carbocycles. The number of piperazine rings is 1. The van der Waals surface area contributed by atoms with Gasteiger partial charge in [0.1, 0.15) is 28.8 Å². The molecule has 4 heterocycles. The van der Waals surface area contributed by atoms with Crippen molar-refractivity contribution in [3.8, 4) is 28.8 Å². The first-order valence-corrected chi connectivity index (χ1v) is 17.3. The number of nitrogens with zero attached hydrogens (tertiary/aromatic N) is 5. The number of benzene rings is 1. The number of guanidine groups is 1. The number of nitrogens with two attached hydrogens (primary N) is 1. The number of aromatic nitrogens is 3. The van der Waals surface area contributed by atoms with Crippen LogP contribution in [0.1, 0.15) is 31.2 Å². The molecule has 5 rings (SSSR count). The SMILES string of the molecule is C#CCOCCOCCN=C(N)NCCNC(=O)c1csc(-c2ncc(OC)c3c(C(=O)C(=O)N4CCN(C(=O)c5ccccc5)CC4)c[nH]c23)n1. The average molecular weight is 730 g/mol. The fraction of sp³-hybridized carbons (Fsp3) is 0.343. The molecule has 1 aliphatic heterocycles. The summed E-state index contributed by atoms with van der Waals surface area (Å²) < 4.78 is 16.0. The standard InChI is InChI=1S/C35H39N9O7S/c1-3-16-50-18-19-51-17-11-39-35(36)38-10-9-37-31(46)25-22-52-32(42-25)29-28-27(26(49-2)21-41-29)24(20-40-28)30(45)34(48)44-14-12-43(13-15-44)33(47)23-7-5-4-6-8-23/h1,4-8,20-22,40H,9-19H2,2H3,(H,37,46)(H3,36,38,39). The van der Waals surface area contributed by atoms with Crippen molar-refractivity contribution in [3.63, 3.8) is 0 Å². The van der Waals surface area contributed by atoms with Gasteiger partial charge in [-0.1, -0.05) is 24.1 Å². The van der Waals surface area contributed by atoms with E-state index < -0.39 is 17.6 Å². The molecule has 17 heteroatoms. The number of rotatable bonds is 16. The van der Waals surface area contributed by atoms with Gasteiger partial charge in [-0.25, -0.2) is 9.97 Å². The van der Waals surface area contributed by atoms with Gasteiger partial charge in [-0.2, -0.15) is 0 Å². The van der Waals surface area contributed by atoms with Crippen LogP contribution in [0.25, 0.3) is 21.6 Å². The summed E-state index contributed by atoms with van der Waals surface area (Å²) in [7, 11) is 1.44. The maximum Gasteiger partial charge on any atom is 0.295 e. The zero-order valence-electron chi connectivity index (χ0n) is 28.6. The van der Waals surface area contributed by atoms with Gasteiger partial charge in [-0.15, -0.1) is 17.8 Å². The first-order chi connectivity index (χ1) is 25.3. The highest BCUT2D eigenvalue weighted by Gasteiger charge is 2.31. The Hall–Kier alpha value is -5.83. The van der Waals surface area contributed by atoms with Crippen molar-refractivity contribution in [2.24, 2.45) is 10.7 Å². The van der Waals surface area contributed by atoms with Gasteiger partial charge in [0.25, 0.3) is 23.5 Å². The summed E-state index contributed by atoms with van der Waals surface area (Å²) in [6, 6.07) is 8.92. The van der Waals surface area contributed by atoms with Gasteiger partial charge < -0.3 is 45.4 Å². The van der Waals surface area contributed by atoms with Crippen molar-refractivity contribution in [1.29, 1.82) is 0 Å². The number of hydrogen-bond donors (Lipinski definition) is 4. The predicted molar refractivity (Wildman–Crippen MR) is 194 cm³/mol. The fourth-order valence-corrected chi connectivity index (χ4v) is 6.13. The second kappa shape index (κ2) is 18.4. The van der Waals surface area contributed by atoms with Crippen LogP contribution in [0.3, 0.4) is 0 Å². The van der Waals surface area contributed by atoms with Gasteiger partial charge in [-0.05, 0) is 12.1 Å². The van der Waals surface area contributed by atoms with Crippen molar-refractivity contribution in [1.82, 2.24) is 35.4 Å². The molecule has 1 aromatic carbocycles. The van der Waals surface area contributed by atoms with Gasteiger partial charge >= 0.3 is 0 Å². The Kier molecular flexibility index (Phi) is 13.3. The summed E-state index contributed by atoms with van der Waals surface area (Å²) in [6.07, 6.45) is 8.00. The van der Waals surface area contributed by atoms with E-state index in [2.05, 4.69) is 36.5 Å². The zero-order chi connectivity index (χ0) is 36.9. The van der Waals surface area contributed by atoms with Crippen molar-refractivity contribution in [2.45, 2.75) is 0 Å². The molecule has 52 heavy (non-hydrogen) atoms. The fourth-order valence-electron chi connectivity index (χ4n) is 5.33. The maximum absolute atomic E-state index is 13.6. The lowest BCUT2D eigenvalue weighted by Gasteiger charge is -2.34. The van der Waals surface area contributed by atoms with Crippen molar-refractivity contribution >= 4 is 51.7 Å². The number of methoxy groups -OCH3 is 1. The summed E-state index contributed by atoms with van der Waals surface area (Å²) in [6.45, 7) is 3.41. The van der Waals surface area contributed by atoms with E-state index in [4.69, 9.17) is 26.4 Å². The Morgan fingerprint density at radius 1 is 1.04 bits per heavy atom. The molecule has 0 atom stereocenters. The quantitative estimate of drug-likeness (QED) is 0.0322. The number of hydrogen-bond acceptors (Lipinski definition) is 11. The normalized spacial score (nSPS) is 13.1. The van der Waals surface area contributed by atoms with E-state index in [1.54, 1.807) is 34.5 Å². The van der Waals surface area contributed by atoms with E-state index >= 15 is 0 Å². The monoisotopic (exact) mass is 729 g/mol. The van der Waals surface area contributed by atoms with E-state index in [9.17, 15) is 19.2 Å². The molecule has 1 saturated heterocycles. The molecule has 0 bridgehead atoms. The second-order valence-corrected chi connectivity index (χ2v) is 12.1. The van der Waals surface area contributed by atoms with Crippen LogP contribution in [-0.2, 0) is 14.3 Å². The van der Waals surface area contributed by atoms with Crippen LogP contribution in [0, 0.1) is 12.3 Å². The molecular weight excluding hydrogens is 691 g/mol. The Morgan fingerprint density at radius 3 is 2.52 bits per heavy atom. The molecule has 272 valence electrons. The van der Waals surface area contributed by atoms with Crippen molar-refractivity contribution in [2.75, 3.05) is 79.4 Å². The van der Waals surface area contributed by atoms with E-state index in [0.29, 0.717) is 73.2 Å². The average Bonchev–Trinajstić information content (AvgIpc) is 3.86. The minimum Gasteiger partial charge on any atom is -0.494 e. The molecule has 1 fully saturated rings. The Bertz CT molecular complexity index is 1950. The third-order valence-electron chi connectivity index (χ3n) is 7.94. The molecule has 3 amide bonds. The summed E-state index contributed by atoms with van der Waals surface area (Å²) in [5.74, 6) is 0.955. The van der Waals surface area contributed by atoms with Crippen molar-refractivity contribution < 1.29 is 33.4 Å². The summed E-state index contributed by atoms with van der Waals surface area (Å²) in [4.78, 5) is 71.9. The summed E-state index contributed by atoms with van der Waals surface area (Å²) in [5, 5.41) is 8.09. The number of pyridine rings is 1. The number of terminal acetylenes is 1. The molecule has 5 N–H and O–H groups in total. The van der Waals surface area contributed by atoms with E-state index in [0.717, 1.165) is 0 Å². The molecule has 0 spiro atoms. The molecule has 0 radical (unpaired) electrons. The van der Waals surface area contributed by atoms with E-state index in [1.807, 2.05) is 6.07 Å². The minimum atomic E-state index is -0.724. The van der Waals surface area contributed by atoms with Gasteiger partial charge in [0.05, 0.1) is 56.1 Å². The van der Waals surface area contributed by atoms with Crippen LogP contribution in [0.4, 0.5) is 0 Å². The number of H-pyrrole nitrogens is 1. The van der Waals surface area contributed by atoms with Gasteiger partial charge in [0.2, 0.25) is 0 Å². The number of fused-ring (bicyclic) bond motifs is 1.